The normalized spacial score (nSPS) is 10.4. The van der Waals surface area contributed by atoms with E-state index in [-0.39, 0.29) is 0 Å². The molecule has 26 heavy (non-hydrogen) atoms. The number of carbonyl (C=O) groups is 3. The van der Waals surface area contributed by atoms with Crippen molar-refractivity contribution in [2.45, 2.75) is 6.92 Å². The number of halogens is 1. The van der Waals surface area contributed by atoms with Crippen LogP contribution in [0.1, 0.15) is 21.5 Å². The molecule has 0 aliphatic rings. The van der Waals surface area contributed by atoms with Crippen molar-refractivity contribution < 1.29 is 19.1 Å². The van der Waals surface area contributed by atoms with E-state index in [1.807, 2.05) is 0 Å². The van der Waals surface area contributed by atoms with Crippen molar-refractivity contribution >= 4 is 41.3 Å². The Bertz CT molecular complexity index is 863. The summed E-state index contributed by atoms with van der Waals surface area (Å²) in [6.07, 6.45) is 1.34. The average molecular weight is 374 g/mol. The third-order valence-corrected chi connectivity index (χ3v) is 3.84. The number of carbonyl (C=O) groups excluding carboxylic acids is 3. The van der Waals surface area contributed by atoms with Gasteiger partial charge in [-0.3, -0.25) is 9.59 Å². The fraction of sp³-hybridized carbons (Fsp3) is 0.111. The molecule has 0 fully saturated rings. The Morgan fingerprint density at radius 1 is 1.08 bits per heavy atom. The fourth-order valence-corrected chi connectivity index (χ4v) is 2.14. The second kappa shape index (κ2) is 8.77. The van der Waals surface area contributed by atoms with Gasteiger partial charge in [0.15, 0.2) is 0 Å². The summed E-state index contributed by atoms with van der Waals surface area (Å²) < 4.78 is 4.60. The lowest BCUT2D eigenvalue weighted by atomic mass is 10.1. The summed E-state index contributed by atoms with van der Waals surface area (Å²) in [7, 11) is 1.29. The van der Waals surface area contributed by atoms with Crippen LogP contribution in [0.4, 0.5) is 5.69 Å². The molecule has 0 unspecified atom stereocenters. The van der Waals surface area contributed by atoms with Gasteiger partial charge in [-0.05, 0) is 42.3 Å². The van der Waals surface area contributed by atoms with E-state index in [4.69, 9.17) is 11.6 Å². The van der Waals surface area contributed by atoms with Crippen LogP contribution < -0.4 is 10.7 Å². The smallest absolute Gasteiger partial charge is 0.337 e. The topological polar surface area (TPSA) is 96.9 Å². The molecule has 0 saturated carbocycles. The molecule has 2 N–H and O–H groups in total. The van der Waals surface area contributed by atoms with Crippen LogP contribution in [-0.4, -0.2) is 31.1 Å². The number of rotatable bonds is 4. The number of nitrogens with zero attached hydrogens (tertiary/aromatic N) is 1. The Labute approximate surface area is 155 Å². The number of anilines is 1. The largest absolute Gasteiger partial charge is 0.465 e. The standard InChI is InChI=1S/C18H16ClN3O4/c1-11-14(19)4-3-5-15(11)21-16(23)17(24)22-20-10-12-6-8-13(9-7-12)18(25)26-2/h3-10H,1-2H3,(H,21,23)(H,22,24)/b20-10-. The number of hydrazone groups is 1. The summed E-state index contributed by atoms with van der Waals surface area (Å²) >= 11 is 5.96. The highest BCUT2D eigenvalue weighted by Crippen LogP contribution is 2.22. The number of hydrogen-bond acceptors (Lipinski definition) is 5. The van der Waals surface area contributed by atoms with Crippen LogP contribution >= 0.6 is 11.6 Å². The van der Waals surface area contributed by atoms with E-state index in [1.165, 1.54) is 13.3 Å². The Kier molecular flexibility index (Phi) is 6.46. The number of ether oxygens (including phenoxy) is 1. The first-order valence-corrected chi connectivity index (χ1v) is 7.88. The first-order chi connectivity index (χ1) is 12.4. The molecule has 7 nitrogen and oxygen atoms in total. The molecule has 0 heterocycles. The van der Waals surface area contributed by atoms with Crippen molar-refractivity contribution in [2.24, 2.45) is 5.10 Å². The van der Waals surface area contributed by atoms with Gasteiger partial charge in [0, 0.05) is 10.7 Å². The third kappa shape index (κ3) is 4.90. The molecule has 0 aromatic heterocycles. The van der Waals surface area contributed by atoms with Gasteiger partial charge < -0.3 is 10.1 Å². The summed E-state index contributed by atoms with van der Waals surface area (Å²) in [4.78, 5) is 35.0. The second-order valence-electron chi connectivity index (χ2n) is 5.18. The molecular weight excluding hydrogens is 358 g/mol. The molecule has 2 aromatic carbocycles. The number of benzene rings is 2. The van der Waals surface area contributed by atoms with E-state index in [9.17, 15) is 14.4 Å². The first kappa shape index (κ1) is 19.1. The molecule has 2 rings (SSSR count). The monoisotopic (exact) mass is 373 g/mol. The van der Waals surface area contributed by atoms with Gasteiger partial charge in [-0.1, -0.05) is 29.8 Å². The van der Waals surface area contributed by atoms with Crippen molar-refractivity contribution in [3.8, 4) is 0 Å². The highest BCUT2D eigenvalue weighted by atomic mass is 35.5. The van der Waals surface area contributed by atoms with E-state index in [2.05, 4.69) is 20.6 Å². The van der Waals surface area contributed by atoms with E-state index < -0.39 is 17.8 Å². The summed E-state index contributed by atoms with van der Waals surface area (Å²) in [5.74, 6) is -2.24. The second-order valence-corrected chi connectivity index (χ2v) is 5.59. The van der Waals surface area contributed by atoms with E-state index in [0.29, 0.717) is 27.4 Å². The molecule has 2 amide bonds. The Morgan fingerprint density at radius 3 is 2.42 bits per heavy atom. The molecule has 134 valence electrons. The van der Waals surface area contributed by atoms with Gasteiger partial charge in [-0.25, -0.2) is 10.2 Å². The summed E-state index contributed by atoms with van der Waals surface area (Å²) in [6, 6.07) is 11.3. The van der Waals surface area contributed by atoms with Gasteiger partial charge in [-0.2, -0.15) is 5.10 Å². The minimum absolute atomic E-state index is 0.393. The van der Waals surface area contributed by atoms with Crippen LogP contribution in [0.5, 0.6) is 0 Å². The van der Waals surface area contributed by atoms with Gasteiger partial charge in [0.05, 0.1) is 18.9 Å². The lowest BCUT2D eigenvalue weighted by molar-refractivity contribution is -0.136. The van der Waals surface area contributed by atoms with Gasteiger partial charge in [0.25, 0.3) is 0 Å². The van der Waals surface area contributed by atoms with Crippen molar-refractivity contribution in [3.63, 3.8) is 0 Å². The number of esters is 1. The maximum absolute atomic E-state index is 11.9. The van der Waals surface area contributed by atoms with Crippen molar-refractivity contribution in [1.29, 1.82) is 0 Å². The highest BCUT2D eigenvalue weighted by molar-refractivity contribution is 6.40. The van der Waals surface area contributed by atoms with Crippen LogP contribution in [0.25, 0.3) is 0 Å². The van der Waals surface area contributed by atoms with Gasteiger partial charge in [-0.15, -0.1) is 0 Å². The van der Waals surface area contributed by atoms with Crippen molar-refractivity contribution in [1.82, 2.24) is 5.43 Å². The van der Waals surface area contributed by atoms with Gasteiger partial charge >= 0.3 is 17.8 Å². The van der Waals surface area contributed by atoms with E-state index in [0.717, 1.165) is 0 Å². The van der Waals surface area contributed by atoms with Crippen molar-refractivity contribution in [2.75, 3.05) is 12.4 Å². The van der Waals surface area contributed by atoms with Crippen LogP contribution in [0, 0.1) is 6.92 Å². The lowest BCUT2D eigenvalue weighted by Gasteiger charge is -2.08. The quantitative estimate of drug-likeness (QED) is 0.372. The Morgan fingerprint density at radius 2 is 1.77 bits per heavy atom. The average Bonchev–Trinajstić information content (AvgIpc) is 2.65. The molecule has 0 aliphatic heterocycles. The van der Waals surface area contributed by atoms with Crippen LogP contribution in [0.3, 0.4) is 0 Å². The zero-order chi connectivity index (χ0) is 19.1. The summed E-state index contributed by atoms with van der Waals surface area (Å²) in [5, 5.41) is 6.66. The fourth-order valence-electron chi connectivity index (χ4n) is 1.96. The van der Waals surface area contributed by atoms with Crippen molar-refractivity contribution in [3.05, 3.63) is 64.2 Å². The predicted octanol–water partition coefficient (Wildman–Crippen LogP) is 2.52. The minimum atomic E-state index is -0.924. The molecule has 0 aliphatic carbocycles. The van der Waals surface area contributed by atoms with Gasteiger partial charge in [0.1, 0.15) is 0 Å². The summed E-state index contributed by atoms with van der Waals surface area (Å²) in [5.41, 5.74) is 4.25. The molecule has 0 atom stereocenters. The third-order valence-electron chi connectivity index (χ3n) is 3.43. The zero-order valence-corrected chi connectivity index (χ0v) is 14.8. The number of nitrogens with one attached hydrogen (secondary N) is 2. The number of amides is 2. The zero-order valence-electron chi connectivity index (χ0n) is 14.1. The lowest BCUT2D eigenvalue weighted by Crippen LogP contribution is -2.32. The molecular formula is C18H16ClN3O4. The minimum Gasteiger partial charge on any atom is -0.465 e. The van der Waals surface area contributed by atoms with Crippen LogP contribution in [0.15, 0.2) is 47.6 Å². The molecule has 0 saturated heterocycles. The Balaban J connectivity index is 1.93. The maximum Gasteiger partial charge on any atom is 0.337 e. The first-order valence-electron chi connectivity index (χ1n) is 7.50. The molecule has 2 aromatic rings. The highest BCUT2D eigenvalue weighted by Gasteiger charge is 2.14. The number of hydrogen-bond donors (Lipinski definition) is 2. The Hall–Kier alpha value is -3.19. The SMILES string of the molecule is COC(=O)c1ccc(/C=N\NC(=O)C(=O)Nc2cccc(Cl)c2C)cc1. The molecule has 8 heteroatoms. The van der Waals surface area contributed by atoms with Crippen LogP contribution in [0.2, 0.25) is 5.02 Å². The predicted molar refractivity (Wildman–Crippen MR) is 98.3 cm³/mol. The van der Waals surface area contributed by atoms with E-state index in [1.54, 1.807) is 49.4 Å². The van der Waals surface area contributed by atoms with Crippen LogP contribution in [-0.2, 0) is 14.3 Å². The molecule has 0 spiro atoms. The van der Waals surface area contributed by atoms with E-state index >= 15 is 0 Å². The van der Waals surface area contributed by atoms with Gasteiger partial charge in [0.2, 0.25) is 0 Å². The summed E-state index contributed by atoms with van der Waals surface area (Å²) in [6.45, 7) is 1.73. The molecule has 0 bridgehead atoms. The maximum atomic E-state index is 11.9. The molecule has 0 radical (unpaired) electrons. The number of methoxy groups -OCH3 is 1.